The minimum atomic E-state index is 0.742. The number of para-hydroxylation sites is 1. The average molecular weight is 187 g/mol. The van der Waals surface area contributed by atoms with E-state index in [9.17, 15) is 0 Å². The van der Waals surface area contributed by atoms with Crippen LogP contribution in [0.15, 0.2) is 39.7 Å². The summed E-state index contributed by atoms with van der Waals surface area (Å²) < 4.78 is 5.67. The SMILES string of the molecule is CCN=c1oc2ccccc2cc1C. The van der Waals surface area contributed by atoms with Crippen molar-refractivity contribution >= 4 is 11.0 Å². The third kappa shape index (κ3) is 1.55. The highest BCUT2D eigenvalue weighted by Gasteiger charge is 1.97. The van der Waals surface area contributed by atoms with Crippen molar-refractivity contribution in [3.8, 4) is 0 Å². The lowest BCUT2D eigenvalue weighted by Crippen LogP contribution is -2.05. The van der Waals surface area contributed by atoms with Crippen LogP contribution in [0.2, 0.25) is 0 Å². The van der Waals surface area contributed by atoms with Gasteiger partial charge in [-0.2, -0.15) is 0 Å². The topological polar surface area (TPSA) is 25.5 Å². The first-order chi connectivity index (χ1) is 6.81. The Balaban J connectivity index is 2.78. The second-order valence-corrected chi connectivity index (χ2v) is 3.25. The van der Waals surface area contributed by atoms with Gasteiger partial charge in [-0.15, -0.1) is 0 Å². The van der Waals surface area contributed by atoms with Gasteiger partial charge in [0.25, 0.3) is 0 Å². The van der Waals surface area contributed by atoms with E-state index in [4.69, 9.17) is 4.42 Å². The second-order valence-electron chi connectivity index (χ2n) is 3.25. The Morgan fingerprint density at radius 1 is 1.29 bits per heavy atom. The Bertz CT molecular complexity index is 511. The fraction of sp³-hybridized carbons (Fsp3) is 0.250. The van der Waals surface area contributed by atoms with Crippen LogP contribution in [0.1, 0.15) is 12.5 Å². The number of nitrogens with zero attached hydrogens (tertiary/aromatic N) is 1. The molecule has 0 saturated carbocycles. The fourth-order valence-corrected chi connectivity index (χ4v) is 1.47. The van der Waals surface area contributed by atoms with E-state index in [2.05, 4.69) is 11.1 Å². The minimum absolute atomic E-state index is 0.742. The summed E-state index contributed by atoms with van der Waals surface area (Å²) in [6.07, 6.45) is 0. The summed E-state index contributed by atoms with van der Waals surface area (Å²) in [6, 6.07) is 10.1. The number of benzene rings is 1. The summed E-state index contributed by atoms with van der Waals surface area (Å²) >= 11 is 0. The van der Waals surface area contributed by atoms with Gasteiger partial charge >= 0.3 is 0 Å². The Hall–Kier alpha value is -1.57. The molecule has 0 spiro atoms. The standard InChI is InChI=1S/C12H13NO/c1-3-13-12-9(2)8-10-6-4-5-7-11(10)14-12/h4-8H,3H2,1-2H3. The largest absolute Gasteiger partial charge is 0.439 e. The van der Waals surface area contributed by atoms with Crippen LogP contribution >= 0.6 is 0 Å². The summed E-state index contributed by atoms with van der Waals surface area (Å²) in [5.74, 6) is 0. The third-order valence-corrected chi connectivity index (χ3v) is 2.14. The van der Waals surface area contributed by atoms with Crippen molar-refractivity contribution in [1.82, 2.24) is 0 Å². The maximum atomic E-state index is 5.67. The lowest BCUT2D eigenvalue weighted by atomic mass is 10.2. The molecule has 1 heterocycles. The monoisotopic (exact) mass is 187 g/mol. The first-order valence-corrected chi connectivity index (χ1v) is 4.81. The molecule has 0 atom stereocenters. The maximum Gasteiger partial charge on any atom is 0.217 e. The van der Waals surface area contributed by atoms with Crippen LogP contribution in [0.4, 0.5) is 0 Å². The first-order valence-electron chi connectivity index (χ1n) is 4.81. The van der Waals surface area contributed by atoms with E-state index in [1.165, 1.54) is 0 Å². The van der Waals surface area contributed by atoms with Crippen molar-refractivity contribution in [2.75, 3.05) is 6.54 Å². The molecule has 0 unspecified atom stereocenters. The molecule has 0 saturated heterocycles. The number of rotatable bonds is 1. The van der Waals surface area contributed by atoms with Gasteiger partial charge in [0.2, 0.25) is 5.55 Å². The highest BCUT2D eigenvalue weighted by Crippen LogP contribution is 2.11. The molecule has 2 rings (SSSR count). The summed E-state index contributed by atoms with van der Waals surface area (Å²) in [6.45, 7) is 4.78. The number of aryl methyl sites for hydroxylation is 1. The van der Waals surface area contributed by atoms with Gasteiger partial charge in [0, 0.05) is 17.5 Å². The van der Waals surface area contributed by atoms with E-state index < -0.39 is 0 Å². The van der Waals surface area contributed by atoms with Gasteiger partial charge in [-0.05, 0) is 26.0 Å². The van der Waals surface area contributed by atoms with Crippen molar-refractivity contribution in [1.29, 1.82) is 0 Å². The zero-order valence-corrected chi connectivity index (χ0v) is 8.45. The van der Waals surface area contributed by atoms with Gasteiger partial charge in [-0.1, -0.05) is 18.2 Å². The van der Waals surface area contributed by atoms with E-state index in [-0.39, 0.29) is 0 Å². The van der Waals surface area contributed by atoms with Crippen molar-refractivity contribution in [2.24, 2.45) is 4.99 Å². The highest BCUT2D eigenvalue weighted by atomic mass is 16.3. The molecule has 2 nitrogen and oxygen atoms in total. The van der Waals surface area contributed by atoms with Crippen LogP contribution < -0.4 is 5.55 Å². The molecule has 0 radical (unpaired) electrons. The molecule has 1 aromatic heterocycles. The van der Waals surface area contributed by atoms with Crippen LogP contribution in [0.5, 0.6) is 0 Å². The Kier molecular flexibility index (Phi) is 2.35. The van der Waals surface area contributed by atoms with E-state index in [1.807, 2.05) is 38.1 Å². The molecule has 14 heavy (non-hydrogen) atoms. The molecule has 2 heteroatoms. The van der Waals surface area contributed by atoms with Gasteiger partial charge in [0.1, 0.15) is 5.58 Å². The van der Waals surface area contributed by atoms with Crippen LogP contribution in [0.3, 0.4) is 0 Å². The van der Waals surface area contributed by atoms with Gasteiger partial charge < -0.3 is 4.42 Å². The van der Waals surface area contributed by atoms with Gasteiger partial charge in [-0.3, -0.25) is 4.99 Å². The van der Waals surface area contributed by atoms with Crippen LogP contribution in [-0.4, -0.2) is 6.54 Å². The van der Waals surface area contributed by atoms with Crippen molar-refractivity contribution in [3.63, 3.8) is 0 Å². The fourth-order valence-electron chi connectivity index (χ4n) is 1.47. The molecule has 1 aromatic carbocycles. The van der Waals surface area contributed by atoms with Crippen LogP contribution in [-0.2, 0) is 0 Å². The smallest absolute Gasteiger partial charge is 0.217 e. The second kappa shape index (κ2) is 3.66. The highest BCUT2D eigenvalue weighted by molar-refractivity contribution is 5.76. The van der Waals surface area contributed by atoms with Crippen LogP contribution in [0, 0.1) is 6.92 Å². The molecule has 0 aliphatic rings. The van der Waals surface area contributed by atoms with Crippen molar-refractivity contribution < 1.29 is 4.42 Å². The summed E-state index contributed by atoms with van der Waals surface area (Å²) in [5, 5.41) is 1.13. The van der Waals surface area contributed by atoms with Crippen molar-refractivity contribution in [3.05, 3.63) is 41.4 Å². The maximum absolute atomic E-state index is 5.67. The molecule has 0 N–H and O–H groups in total. The summed E-state index contributed by atoms with van der Waals surface area (Å²) in [5.41, 5.74) is 2.72. The number of hydrogen-bond acceptors (Lipinski definition) is 2. The average Bonchev–Trinajstić information content (AvgIpc) is 2.19. The molecule has 0 aliphatic heterocycles. The quantitative estimate of drug-likeness (QED) is 0.673. The first kappa shape index (κ1) is 9.00. The normalized spacial score (nSPS) is 12.3. The molecular formula is C12H13NO. The molecule has 72 valence electrons. The van der Waals surface area contributed by atoms with Crippen molar-refractivity contribution in [2.45, 2.75) is 13.8 Å². The Morgan fingerprint density at radius 2 is 2.07 bits per heavy atom. The predicted octanol–water partition coefficient (Wildman–Crippen LogP) is 2.66. The third-order valence-electron chi connectivity index (χ3n) is 2.14. The molecule has 2 aromatic rings. The Morgan fingerprint density at radius 3 is 2.86 bits per heavy atom. The van der Waals surface area contributed by atoms with E-state index >= 15 is 0 Å². The molecule has 0 amide bonds. The van der Waals surface area contributed by atoms with E-state index in [1.54, 1.807) is 0 Å². The van der Waals surface area contributed by atoms with Gasteiger partial charge in [0.15, 0.2) is 0 Å². The zero-order valence-electron chi connectivity index (χ0n) is 8.45. The van der Waals surface area contributed by atoms with Gasteiger partial charge in [-0.25, -0.2) is 0 Å². The lowest BCUT2D eigenvalue weighted by molar-refractivity contribution is 0.530. The van der Waals surface area contributed by atoms with E-state index in [0.717, 1.165) is 28.6 Å². The lowest BCUT2D eigenvalue weighted by Gasteiger charge is -1.99. The zero-order chi connectivity index (χ0) is 9.97. The molecule has 0 aliphatic carbocycles. The molecule has 0 fully saturated rings. The number of hydrogen-bond donors (Lipinski definition) is 0. The predicted molar refractivity (Wildman–Crippen MR) is 57.1 cm³/mol. The summed E-state index contributed by atoms with van der Waals surface area (Å²) in [4.78, 5) is 4.29. The molecule has 0 bridgehead atoms. The van der Waals surface area contributed by atoms with Crippen LogP contribution in [0.25, 0.3) is 11.0 Å². The number of fused-ring (bicyclic) bond motifs is 1. The Labute approximate surface area is 82.9 Å². The summed E-state index contributed by atoms with van der Waals surface area (Å²) in [7, 11) is 0. The molecular weight excluding hydrogens is 174 g/mol. The minimum Gasteiger partial charge on any atom is -0.439 e. The van der Waals surface area contributed by atoms with E-state index in [0.29, 0.717) is 0 Å². The van der Waals surface area contributed by atoms with Gasteiger partial charge in [0.05, 0.1) is 0 Å².